The van der Waals surface area contributed by atoms with E-state index in [1.807, 2.05) is 24.3 Å². The number of piperidine rings is 1. The van der Waals surface area contributed by atoms with E-state index in [2.05, 4.69) is 43.5 Å². The molecule has 8 N–H and O–H groups in total. The number of nitrogens with zero attached hydrogens (tertiary/aromatic N) is 1. The first-order valence-electron chi connectivity index (χ1n) is 16.2. The van der Waals surface area contributed by atoms with Gasteiger partial charge in [-0.3, -0.25) is 28.8 Å². The average molecular weight is 667 g/mol. The molecule has 1 aromatic carbocycles. The van der Waals surface area contributed by atoms with E-state index in [1.54, 1.807) is 20.0 Å². The second-order valence-electron chi connectivity index (χ2n) is 12.7. The highest BCUT2D eigenvalue weighted by molar-refractivity contribution is 5.98. The van der Waals surface area contributed by atoms with Gasteiger partial charge in [0.2, 0.25) is 35.4 Å². The molecule has 2 saturated heterocycles. The van der Waals surface area contributed by atoms with Gasteiger partial charge in [-0.1, -0.05) is 38.6 Å². The van der Waals surface area contributed by atoms with E-state index in [4.69, 9.17) is 0 Å². The Bertz CT molecular complexity index is 1530. The summed E-state index contributed by atoms with van der Waals surface area (Å²) < 4.78 is 0. The highest BCUT2D eigenvalue weighted by Crippen LogP contribution is 2.21. The Morgan fingerprint density at radius 2 is 1.67 bits per heavy atom. The maximum Gasteiger partial charge on any atom is 0.245 e. The van der Waals surface area contributed by atoms with Gasteiger partial charge in [0.25, 0.3) is 0 Å². The second kappa shape index (κ2) is 16.3. The highest BCUT2D eigenvalue weighted by Gasteiger charge is 2.38. The zero-order valence-corrected chi connectivity index (χ0v) is 27.6. The van der Waals surface area contributed by atoms with Gasteiger partial charge in [0.1, 0.15) is 24.2 Å². The number of rotatable bonds is 8. The number of nitrogens with one attached hydrogen (secondary N) is 7. The predicted octanol–water partition coefficient (Wildman–Crippen LogP) is -0.645. The van der Waals surface area contributed by atoms with E-state index in [9.17, 15) is 33.9 Å². The van der Waals surface area contributed by atoms with E-state index in [0.717, 1.165) is 16.5 Å². The van der Waals surface area contributed by atoms with Crippen molar-refractivity contribution in [2.45, 2.75) is 63.7 Å². The number of aliphatic hydroxyl groups excluding tert-OH is 1. The first-order valence-corrected chi connectivity index (χ1v) is 16.2. The number of hydrogen-bond acceptors (Lipinski definition) is 8. The minimum absolute atomic E-state index is 0.0392. The fourth-order valence-corrected chi connectivity index (χ4v) is 6.18. The van der Waals surface area contributed by atoms with Crippen LogP contribution in [0.3, 0.4) is 0 Å². The summed E-state index contributed by atoms with van der Waals surface area (Å²) in [6, 6.07) is 2.59. The van der Waals surface area contributed by atoms with Crippen LogP contribution in [0, 0.1) is 11.8 Å². The van der Waals surface area contributed by atoms with Crippen LogP contribution in [-0.2, 0) is 35.2 Å². The number of H-pyrrole nitrogens is 1. The minimum Gasteiger partial charge on any atom is -0.513 e. The summed E-state index contributed by atoms with van der Waals surface area (Å²) in [5, 5.41) is 27.1. The van der Waals surface area contributed by atoms with Gasteiger partial charge >= 0.3 is 0 Å². The van der Waals surface area contributed by atoms with Crippen molar-refractivity contribution in [3.05, 3.63) is 48.4 Å². The molecule has 0 aliphatic carbocycles. The number of aromatic amines is 1. The third-order valence-electron chi connectivity index (χ3n) is 8.72. The smallest absolute Gasteiger partial charge is 0.245 e. The quantitative estimate of drug-likeness (QED) is 0.169. The number of fused-ring (bicyclic) bond motifs is 1. The molecule has 2 fully saturated rings. The minimum atomic E-state index is -1.33. The van der Waals surface area contributed by atoms with Crippen molar-refractivity contribution >= 4 is 46.3 Å². The van der Waals surface area contributed by atoms with Gasteiger partial charge in [-0.05, 0) is 43.5 Å². The van der Waals surface area contributed by atoms with Crippen LogP contribution < -0.4 is 31.9 Å². The lowest BCUT2D eigenvalue weighted by atomic mass is 9.97. The van der Waals surface area contributed by atoms with Crippen LogP contribution in [0.25, 0.3) is 10.9 Å². The third kappa shape index (κ3) is 9.12. The van der Waals surface area contributed by atoms with E-state index in [-0.39, 0.29) is 37.0 Å². The highest BCUT2D eigenvalue weighted by atomic mass is 16.3. The van der Waals surface area contributed by atoms with Crippen molar-refractivity contribution in [3.63, 3.8) is 0 Å². The third-order valence-corrected chi connectivity index (χ3v) is 8.72. The fourth-order valence-electron chi connectivity index (χ4n) is 6.18. The molecule has 3 heterocycles. The monoisotopic (exact) mass is 666 g/mol. The number of hydrogen-bond donors (Lipinski definition) is 8. The maximum atomic E-state index is 14.2. The number of aliphatic hydroxyl groups is 1. The van der Waals surface area contributed by atoms with Gasteiger partial charge in [0.05, 0.1) is 12.3 Å². The molecule has 48 heavy (non-hydrogen) atoms. The summed E-state index contributed by atoms with van der Waals surface area (Å²) >= 11 is 0. The largest absolute Gasteiger partial charge is 0.513 e. The molecular weight excluding hydrogens is 620 g/mol. The van der Waals surface area contributed by atoms with E-state index in [0.29, 0.717) is 25.9 Å². The topological polar surface area (TPSA) is 214 Å². The Morgan fingerprint density at radius 3 is 2.35 bits per heavy atom. The van der Waals surface area contributed by atoms with Crippen LogP contribution in [-0.4, -0.2) is 108 Å². The number of benzene rings is 1. The van der Waals surface area contributed by atoms with Crippen LogP contribution in [0.2, 0.25) is 0 Å². The Morgan fingerprint density at radius 1 is 0.979 bits per heavy atom. The molecule has 4 atom stereocenters. The first-order chi connectivity index (χ1) is 22.8. The first kappa shape index (κ1) is 35.9. The predicted molar refractivity (Wildman–Crippen MR) is 177 cm³/mol. The molecule has 6 amide bonds. The maximum absolute atomic E-state index is 14.2. The van der Waals surface area contributed by atoms with Crippen molar-refractivity contribution in [2.75, 3.05) is 33.2 Å². The summed E-state index contributed by atoms with van der Waals surface area (Å²) in [7, 11) is 1.45. The molecule has 0 bridgehead atoms. The lowest BCUT2D eigenvalue weighted by molar-refractivity contribution is -0.144. The Kier molecular flexibility index (Phi) is 12.2. The lowest BCUT2D eigenvalue weighted by Gasteiger charge is -2.34. The molecule has 15 nitrogen and oxygen atoms in total. The van der Waals surface area contributed by atoms with Crippen molar-refractivity contribution in [3.8, 4) is 0 Å². The molecule has 1 aromatic heterocycles. The molecule has 2 aliphatic rings. The molecule has 2 aliphatic heterocycles. The molecule has 4 rings (SSSR count). The summed E-state index contributed by atoms with van der Waals surface area (Å²) in [5.74, 6) is -4.84. The number of aromatic nitrogens is 1. The fraction of sp³-hybridized carbons (Fsp3) is 0.515. The number of likely N-dealkylation sites (N-methyl/N-ethyl adjacent to an activating group) is 1. The summed E-state index contributed by atoms with van der Waals surface area (Å²) in [5.41, 5.74) is 1.56. The molecule has 4 unspecified atom stereocenters. The number of carbonyl (C=O) groups is 6. The molecular formula is C33H46N8O7. The van der Waals surface area contributed by atoms with Gasteiger partial charge in [-0.2, -0.15) is 0 Å². The van der Waals surface area contributed by atoms with Crippen molar-refractivity contribution in [1.82, 2.24) is 41.8 Å². The molecule has 0 saturated carbocycles. The average Bonchev–Trinajstić information content (AvgIpc) is 3.46. The van der Waals surface area contributed by atoms with Crippen molar-refractivity contribution < 1.29 is 33.9 Å². The van der Waals surface area contributed by atoms with E-state index >= 15 is 0 Å². The van der Waals surface area contributed by atoms with Gasteiger partial charge in [0.15, 0.2) is 0 Å². The zero-order chi connectivity index (χ0) is 35.0. The molecule has 2 aromatic rings. The molecule has 15 heteroatoms. The lowest BCUT2D eigenvalue weighted by Crippen LogP contribution is -2.61. The van der Waals surface area contributed by atoms with Crippen LogP contribution in [0.1, 0.15) is 38.7 Å². The molecule has 0 radical (unpaired) electrons. The standard InChI is InChI=1S/C33H46N8O7/c1-18(2)28-32(47)40-26(16-36-29(44)20-9-11-34-12-10-20)30(45)37-17-27(43)38-24(13-19(3)42)31(46)39-25(33(48)41(28)4)14-21-15-35-23-8-6-5-7-22(21)23/h5-8,15,18,20,24-26,28,34-35,42H,3,9-14,16-17H2,1-2,4H3,(H,36,44)(H,37,45)(H,38,43)(H,39,46)(H,40,47). The second-order valence-corrected chi connectivity index (χ2v) is 12.7. The normalized spacial score (nSPS) is 23.8. The number of para-hydroxylation sites is 1. The van der Waals surface area contributed by atoms with Crippen LogP contribution in [0.5, 0.6) is 0 Å². The number of carbonyl (C=O) groups excluding carboxylic acids is 6. The summed E-state index contributed by atoms with van der Waals surface area (Å²) in [6.07, 6.45) is 2.69. The molecule has 0 spiro atoms. The van der Waals surface area contributed by atoms with Gasteiger partial charge in [-0.15, -0.1) is 0 Å². The van der Waals surface area contributed by atoms with Crippen molar-refractivity contribution in [1.29, 1.82) is 0 Å². The zero-order valence-electron chi connectivity index (χ0n) is 27.6. The van der Waals surface area contributed by atoms with E-state index < -0.39 is 66.2 Å². The van der Waals surface area contributed by atoms with E-state index in [1.165, 1.54) is 11.9 Å². The van der Waals surface area contributed by atoms with Gasteiger partial charge < -0.3 is 46.9 Å². The Balaban J connectivity index is 1.66. The van der Waals surface area contributed by atoms with Gasteiger partial charge in [-0.25, -0.2) is 0 Å². The SMILES string of the molecule is C=C(O)CC1NC(=O)CNC(=O)C(CNC(=O)C2CCNCC2)NC(=O)C(C(C)C)N(C)C(=O)C(Cc2c[nH]c3ccccc23)NC1=O. The van der Waals surface area contributed by atoms with Gasteiger partial charge in [0, 0.05) is 49.5 Å². The summed E-state index contributed by atoms with van der Waals surface area (Å²) in [4.78, 5) is 85.2. The van der Waals surface area contributed by atoms with Crippen LogP contribution in [0.4, 0.5) is 0 Å². The van der Waals surface area contributed by atoms with Crippen LogP contribution >= 0.6 is 0 Å². The summed E-state index contributed by atoms with van der Waals surface area (Å²) in [6.45, 7) is 7.49. The number of amides is 6. The Labute approximate surface area is 279 Å². The van der Waals surface area contributed by atoms with Crippen LogP contribution in [0.15, 0.2) is 42.8 Å². The Hall–Kier alpha value is -4.92. The molecule has 260 valence electrons. The van der Waals surface area contributed by atoms with Crippen molar-refractivity contribution in [2.24, 2.45) is 11.8 Å².